The molecule has 1 N–H and O–H groups in total. The van der Waals surface area contributed by atoms with Gasteiger partial charge in [0, 0.05) is 6.07 Å². The van der Waals surface area contributed by atoms with E-state index in [1.807, 2.05) is 0 Å². The first-order chi connectivity index (χ1) is 5.77. The maximum atomic E-state index is 12.8. The van der Waals surface area contributed by atoms with Gasteiger partial charge in [0.2, 0.25) is 0 Å². The highest BCUT2D eigenvalue weighted by Gasteiger charge is 2.04. The summed E-state index contributed by atoms with van der Waals surface area (Å²) in [7, 11) is 0.917. The zero-order valence-electron chi connectivity index (χ0n) is 6.58. The van der Waals surface area contributed by atoms with Crippen LogP contribution >= 0.6 is 0 Å². The van der Waals surface area contributed by atoms with Crippen molar-refractivity contribution in [3.8, 4) is 11.5 Å². The van der Waals surface area contributed by atoms with E-state index in [-0.39, 0.29) is 5.75 Å². The molecular weight excluding hydrogens is 162 g/mol. The molecule has 1 rings (SSSR count). The molecule has 0 aliphatic heterocycles. The monoisotopic (exact) mass is 170 g/mol. The van der Waals surface area contributed by atoms with Gasteiger partial charge in [0.1, 0.15) is 11.5 Å². The van der Waals surface area contributed by atoms with E-state index < -0.39 is 13.5 Å². The third-order valence-electron chi connectivity index (χ3n) is 1.36. The molecule has 0 heterocycles. The molecule has 0 aromatic heterocycles. The third-order valence-corrected chi connectivity index (χ3v) is 1.36. The minimum atomic E-state index is -0.552. The predicted molar refractivity (Wildman–Crippen MR) is 42.9 cm³/mol. The minimum Gasteiger partial charge on any atom is -0.537 e. The molecule has 0 spiro atoms. The molecule has 3 nitrogen and oxygen atoms in total. The lowest BCUT2D eigenvalue weighted by atomic mass is 10.3. The summed E-state index contributed by atoms with van der Waals surface area (Å²) in [6, 6.07) is 4.05. The highest BCUT2D eigenvalue weighted by Crippen LogP contribution is 2.22. The van der Waals surface area contributed by atoms with Crippen LogP contribution in [0.2, 0.25) is 0 Å². The van der Waals surface area contributed by atoms with Crippen molar-refractivity contribution in [1.29, 1.82) is 0 Å². The summed E-state index contributed by atoms with van der Waals surface area (Å²) in [4.78, 5) is 0. The lowest BCUT2D eigenvalue weighted by Crippen LogP contribution is -2.01. The van der Waals surface area contributed by atoms with Gasteiger partial charge in [0.25, 0.3) is 0 Å². The van der Waals surface area contributed by atoms with Gasteiger partial charge in [0.15, 0.2) is 5.82 Å². The fourth-order valence-corrected chi connectivity index (χ4v) is 0.791. The number of rotatable bonds is 3. The van der Waals surface area contributed by atoms with E-state index in [1.165, 1.54) is 25.3 Å². The van der Waals surface area contributed by atoms with Crippen molar-refractivity contribution in [1.82, 2.24) is 0 Å². The normalized spacial score (nSPS) is 9.25. The number of ether oxygens (including phenoxy) is 1. The number of methoxy groups -OCH3 is 1. The van der Waals surface area contributed by atoms with Crippen molar-refractivity contribution in [3.05, 3.63) is 24.0 Å². The first-order valence-corrected chi connectivity index (χ1v) is 3.35. The Labute approximate surface area is 70.0 Å². The Balaban J connectivity index is 2.91. The van der Waals surface area contributed by atoms with E-state index in [0.717, 1.165) is 0 Å². The molecule has 0 bridgehead atoms. The Bertz CT molecular complexity index is 267. The summed E-state index contributed by atoms with van der Waals surface area (Å²) in [6.07, 6.45) is 0. The van der Waals surface area contributed by atoms with Crippen LogP contribution < -0.4 is 9.39 Å². The molecule has 64 valence electrons. The van der Waals surface area contributed by atoms with Crippen LogP contribution in [0.25, 0.3) is 0 Å². The molecule has 0 atom stereocenters. The second-order valence-electron chi connectivity index (χ2n) is 2.07. The van der Waals surface area contributed by atoms with Crippen LogP contribution in [-0.2, 0) is 0 Å². The zero-order chi connectivity index (χ0) is 8.97. The Hall–Kier alpha value is -1.23. The van der Waals surface area contributed by atoms with Crippen LogP contribution in [0.15, 0.2) is 18.2 Å². The van der Waals surface area contributed by atoms with Gasteiger partial charge in [-0.25, -0.2) is 4.39 Å². The summed E-state index contributed by atoms with van der Waals surface area (Å²) in [5.74, 6) is -0.0541. The van der Waals surface area contributed by atoms with Gasteiger partial charge in [-0.2, -0.15) is 0 Å². The topological polar surface area (TPSA) is 38.7 Å². The lowest BCUT2D eigenvalue weighted by molar-refractivity contribution is 0.401. The Morgan fingerprint density at radius 3 is 2.83 bits per heavy atom. The predicted octanol–water partition coefficient (Wildman–Crippen LogP) is 0.472. The quantitative estimate of drug-likeness (QED) is 0.670. The van der Waals surface area contributed by atoms with Gasteiger partial charge in [-0.05, 0) is 12.1 Å². The van der Waals surface area contributed by atoms with E-state index in [2.05, 4.69) is 4.65 Å². The summed E-state index contributed by atoms with van der Waals surface area (Å²) < 4.78 is 22.2. The van der Waals surface area contributed by atoms with Crippen molar-refractivity contribution < 1.29 is 18.8 Å². The van der Waals surface area contributed by atoms with Gasteiger partial charge < -0.3 is 14.4 Å². The fourth-order valence-electron chi connectivity index (χ4n) is 0.791. The second kappa shape index (κ2) is 3.97. The van der Waals surface area contributed by atoms with Gasteiger partial charge in [-0.3, -0.25) is 0 Å². The molecule has 12 heavy (non-hydrogen) atoms. The molecule has 0 saturated carbocycles. The first-order valence-electron chi connectivity index (χ1n) is 3.35. The van der Waals surface area contributed by atoms with Crippen molar-refractivity contribution >= 4 is 7.69 Å². The van der Waals surface area contributed by atoms with Crippen molar-refractivity contribution in [2.45, 2.75) is 0 Å². The van der Waals surface area contributed by atoms with Gasteiger partial charge in [-0.1, -0.05) is 0 Å². The average Bonchev–Trinajstić information content (AvgIpc) is 2.09. The van der Waals surface area contributed by atoms with Crippen LogP contribution in [0.4, 0.5) is 4.39 Å². The molecule has 0 aliphatic carbocycles. The minimum absolute atomic E-state index is 0.0168. The largest absolute Gasteiger partial charge is 0.537 e. The fraction of sp³-hybridized carbons (Fsp3) is 0.143. The maximum absolute atomic E-state index is 12.8. The Morgan fingerprint density at radius 2 is 2.25 bits per heavy atom. The summed E-state index contributed by atoms with van der Waals surface area (Å²) in [6.45, 7) is 0. The van der Waals surface area contributed by atoms with E-state index in [9.17, 15) is 4.39 Å². The van der Waals surface area contributed by atoms with E-state index in [4.69, 9.17) is 9.76 Å². The molecule has 0 unspecified atom stereocenters. The van der Waals surface area contributed by atoms with Crippen LogP contribution in [0, 0.1) is 5.82 Å². The lowest BCUT2D eigenvalue weighted by Gasteiger charge is -2.05. The zero-order valence-corrected chi connectivity index (χ0v) is 6.58. The number of hydrogen-bond acceptors (Lipinski definition) is 3. The maximum Gasteiger partial charge on any atom is 0.504 e. The number of benzene rings is 1. The molecule has 1 aromatic rings. The third kappa shape index (κ3) is 1.89. The smallest absolute Gasteiger partial charge is 0.504 e. The van der Waals surface area contributed by atoms with Gasteiger partial charge in [-0.15, -0.1) is 0 Å². The average molecular weight is 170 g/mol. The van der Waals surface area contributed by atoms with Crippen LogP contribution in [0.1, 0.15) is 0 Å². The molecule has 0 saturated heterocycles. The van der Waals surface area contributed by atoms with E-state index in [1.54, 1.807) is 0 Å². The molecular formula is C7H8BFO3. The number of halogens is 1. The van der Waals surface area contributed by atoms with Gasteiger partial charge in [0.05, 0.1) is 7.11 Å². The second-order valence-corrected chi connectivity index (χ2v) is 2.07. The number of hydrogen-bond donors (Lipinski definition) is 1. The van der Waals surface area contributed by atoms with E-state index >= 15 is 0 Å². The van der Waals surface area contributed by atoms with Crippen LogP contribution in [0.5, 0.6) is 11.5 Å². The molecule has 0 fully saturated rings. The molecule has 0 amide bonds. The summed E-state index contributed by atoms with van der Waals surface area (Å²) in [5.41, 5.74) is 0. The molecule has 0 radical (unpaired) electrons. The van der Waals surface area contributed by atoms with Crippen molar-refractivity contribution in [2.24, 2.45) is 0 Å². The Kier molecular flexibility index (Phi) is 2.93. The first kappa shape index (κ1) is 8.87. The van der Waals surface area contributed by atoms with Crippen molar-refractivity contribution in [3.63, 3.8) is 0 Å². The molecule has 0 aliphatic rings. The SMILES string of the molecule is COc1ccc(F)c(OBO)c1. The summed E-state index contributed by atoms with van der Waals surface area (Å²) in [5, 5.41) is 8.38. The molecule has 1 aromatic carbocycles. The summed E-state index contributed by atoms with van der Waals surface area (Å²) >= 11 is 0. The molecule has 5 heteroatoms. The highest BCUT2D eigenvalue weighted by atomic mass is 19.1. The van der Waals surface area contributed by atoms with E-state index in [0.29, 0.717) is 5.75 Å². The highest BCUT2D eigenvalue weighted by molar-refractivity contribution is 6.17. The Morgan fingerprint density at radius 1 is 1.50 bits per heavy atom. The van der Waals surface area contributed by atoms with Crippen LogP contribution in [0.3, 0.4) is 0 Å². The van der Waals surface area contributed by atoms with Crippen molar-refractivity contribution in [2.75, 3.05) is 7.11 Å². The van der Waals surface area contributed by atoms with Crippen LogP contribution in [-0.4, -0.2) is 19.8 Å². The standard InChI is InChI=1S/C7H8BFO3/c1-11-5-2-3-6(9)7(4-5)12-8-10/h2-4,8,10H,1H3. The van der Waals surface area contributed by atoms with Gasteiger partial charge >= 0.3 is 7.69 Å².